The third-order valence-corrected chi connectivity index (χ3v) is 11.2. The first-order valence-corrected chi connectivity index (χ1v) is 17.9. The van der Waals surface area contributed by atoms with Crippen molar-refractivity contribution in [2.75, 3.05) is 4.90 Å². The zero-order valence-corrected chi connectivity index (χ0v) is 27.3. The van der Waals surface area contributed by atoms with Gasteiger partial charge in [-0.15, -0.1) is 0 Å². The molecule has 2 saturated carbocycles. The van der Waals surface area contributed by atoms with Gasteiger partial charge in [0, 0.05) is 17.8 Å². The Bertz CT molecular complexity index is 1820. The maximum Gasteiger partial charge on any atom is 0.0371 e. The van der Waals surface area contributed by atoms with Crippen molar-refractivity contribution in [3.8, 4) is 22.3 Å². The van der Waals surface area contributed by atoms with Crippen molar-refractivity contribution in [3.63, 3.8) is 0 Å². The first kappa shape index (κ1) is 29.8. The lowest BCUT2D eigenvalue weighted by Gasteiger charge is -2.45. The van der Waals surface area contributed by atoms with Crippen LogP contribution in [-0.2, 0) is 0 Å². The second-order valence-corrected chi connectivity index (χ2v) is 13.9. The van der Waals surface area contributed by atoms with Crippen molar-refractivity contribution < 1.29 is 0 Å². The number of fused-ring (bicyclic) bond motifs is 1. The molecule has 1 nitrogen and oxygen atoms in total. The van der Waals surface area contributed by atoms with Crippen LogP contribution < -0.4 is 4.90 Å². The molecule has 1 heteroatoms. The van der Waals surface area contributed by atoms with E-state index in [1.54, 1.807) is 0 Å². The van der Waals surface area contributed by atoms with Gasteiger partial charge in [-0.2, -0.15) is 0 Å². The summed E-state index contributed by atoms with van der Waals surface area (Å²) in [6.07, 6.45) is 10.2. The van der Waals surface area contributed by atoms with E-state index in [9.17, 15) is 0 Å². The van der Waals surface area contributed by atoms with E-state index >= 15 is 0 Å². The Balaban J connectivity index is 1.05. The van der Waals surface area contributed by atoms with E-state index in [0.717, 1.165) is 0 Å². The molecule has 47 heavy (non-hydrogen) atoms. The Morgan fingerprint density at radius 3 is 1.21 bits per heavy atom. The number of benzene rings is 6. The van der Waals surface area contributed by atoms with Crippen LogP contribution in [0.2, 0.25) is 0 Å². The fourth-order valence-electron chi connectivity index (χ4n) is 8.61. The summed E-state index contributed by atoms with van der Waals surface area (Å²) in [7, 11) is 0. The minimum absolute atomic E-state index is 0.608. The fourth-order valence-corrected chi connectivity index (χ4v) is 8.61. The highest BCUT2D eigenvalue weighted by Gasteiger charge is 2.33. The van der Waals surface area contributed by atoms with E-state index in [4.69, 9.17) is 0 Å². The van der Waals surface area contributed by atoms with Crippen LogP contribution in [0, 0.1) is 0 Å². The summed E-state index contributed by atoms with van der Waals surface area (Å²) in [5, 5.41) is 2.58. The molecule has 0 bridgehead atoms. The minimum Gasteiger partial charge on any atom is -0.366 e. The summed E-state index contributed by atoms with van der Waals surface area (Å²) in [5.74, 6) is 1.39. The quantitative estimate of drug-likeness (QED) is 0.174. The van der Waals surface area contributed by atoms with Gasteiger partial charge in [-0.25, -0.2) is 0 Å². The molecule has 0 radical (unpaired) electrons. The van der Waals surface area contributed by atoms with Crippen molar-refractivity contribution in [3.05, 3.63) is 163 Å². The normalized spacial score (nSPS) is 21.4. The zero-order chi connectivity index (χ0) is 31.4. The average Bonchev–Trinajstić information content (AvgIpc) is 3.16. The van der Waals surface area contributed by atoms with Gasteiger partial charge >= 0.3 is 0 Å². The second kappa shape index (κ2) is 13.6. The number of hydrogen-bond acceptors (Lipinski definition) is 1. The van der Waals surface area contributed by atoms with E-state index in [1.165, 1.54) is 101 Å². The Hall–Kier alpha value is -4.62. The molecule has 0 aliphatic heterocycles. The molecule has 0 aromatic heterocycles. The van der Waals surface area contributed by atoms with Crippen molar-refractivity contribution >= 4 is 16.5 Å². The van der Waals surface area contributed by atoms with Crippen molar-refractivity contribution in [1.82, 2.24) is 0 Å². The Morgan fingerprint density at radius 2 is 0.745 bits per heavy atom. The monoisotopic (exact) mass is 611 g/mol. The van der Waals surface area contributed by atoms with Crippen LogP contribution in [0.3, 0.4) is 0 Å². The molecule has 2 fully saturated rings. The Morgan fingerprint density at radius 1 is 0.340 bits per heavy atom. The Kier molecular flexibility index (Phi) is 8.63. The molecule has 0 atom stereocenters. The van der Waals surface area contributed by atoms with Gasteiger partial charge in [0.05, 0.1) is 0 Å². The number of hydrogen-bond donors (Lipinski definition) is 0. The molecule has 2 aliphatic rings. The molecule has 0 amide bonds. The van der Waals surface area contributed by atoms with Crippen LogP contribution in [0.25, 0.3) is 33.0 Å². The molecule has 0 unspecified atom stereocenters. The van der Waals surface area contributed by atoms with Gasteiger partial charge < -0.3 is 4.90 Å². The second-order valence-electron chi connectivity index (χ2n) is 13.9. The predicted octanol–water partition coefficient (Wildman–Crippen LogP) is 12.4. The van der Waals surface area contributed by atoms with Gasteiger partial charge in [0.1, 0.15) is 0 Å². The molecule has 8 rings (SSSR count). The van der Waals surface area contributed by atoms with Gasteiger partial charge in [-0.3, -0.25) is 0 Å². The highest BCUT2D eigenvalue weighted by Crippen LogP contribution is 2.42. The number of nitrogens with zero attached hydrogens (tertiary/aromatic N) is 1. The zero-order valence-electron chi connectivity index (χ0n) is 27.3. The molecule has 0 spiro atoms. The van der Waals surface area contributed by atoms with Crippen LogP contribution >= 0.6 is 0 Å². The molecule has 0 saturated heterocycles. The largest absolute Gasteiger partial charge is 0.366 e. The SMILES string of the molecule is c1ccc(-c2ccc3ccc(-c4ccc(N(C5CCC(c6ccccc6)CC5)C5CCC(c6ccccc6)CC5)cc4)cc3c2)cc1. The highest BCUT2D eigenvalue weighted by molar-refractivity contribution is 5.91. The number of rotatable bonds is 7. The predicted molar refractivity (Wildman–Crippen MR) is 200 cm³/mol. The van der Waals surface area contributed by atoms with Crippen LogP contribution in [0.1, 0.15) is 74.3 Å². The minimum atomic E-state index is 0.608. The molecule has 0 heterocycles. The first-order valence-electron chi connectivity index (χ1n) is 17.9. The van der Waals surface area contributed by atoms with Crippen molar-refractivity contribution in [2.45, 2.75) is 75.3 Å². The number of anilines is 1. The standard InChI is InChI=1S/C46H45N/c1-4-10-34(11-5-1)37-20-26-44(27-21-37)47(45-28-22-38(23-29-45)35-12-6-2-7-13-35)46-30-24-39(25-31-46)42-19-17-40-16-18-41(32-43(40)33-42)36-14-8-3-9-15-36/h1-19,24-25,30-33,37-38,44-45H,20-23,26-29H2. The Labute approximate surface area is 280 Å². The van der Waals surface area contributed by atoms with Crippen molar-refractivity contribution in [2.24, 2.45) is 0 Å². The van der Waals surface area contributed by atoms with Crippen LogP contribution in [0.5, 0.6) is 0 Å². The van der Waals surface area contributed by atoms with E-state index in [2.05, 4.69) is 157 Å². The van der Waals surface area contributed by atoms with Gasteiger partial charge in [0.15, 0.2) is 0 Å². The molecule has 0 N–H and O–H groups in total. The van der Waals surface area contributed by atoms with Crippen LogP contribution in [-0.4, -0.2) is 12.1 Å². The summed E-state index contributed by atoms with van der Waals surface area (Å²) in [5.41, 5.74) is 9.57. The molecular formula is C46H45N. The summed E-state index contributed by atoms with van der Waals surface area (Å²) >= 11 is 0. The van der Waals surface area contributed by atoms with Gasteiger partial charge in [0.25, 0.3) is 0 Å². The third kappa shape index (κ3) is 6.50. The maximum absolute atomic E-state index is 2.87. The van der Waals surface area contributed by atoms with Crippen molar-refractivity contribution in [1.29, 1.82) is 0 Å². The lowest BCUT2D eigenvalue weighted by molar-refractivity contribution is 0.310. The lowest BCUT2D eigenvalue weighted by atomic mass is 9.78. The molecular weight excluding hydrogens is 567 g/mol. The summed E-state index contributed by atoms with van der Waals surface area (Å²) in [6.45, 7) is 0. The van der Waals surface area contributed by atoms with Gasteiger partial charge in [-0.1, -0.05) is 127 Å². The molecule has 6 aromatic rings. The van der Waals surface area contributed by atoms with Gasteiger partial charge in [0.2, 0.25) is 0 Å². The summed E-state index contributed by atoms with van der Waals surface area (Å²) in [6, 6.07) is 57.7. The van der Waals surface area contributed by atoms with Gasteiger partial charge in [-0.05, 0) is 132 Å². The smallest absolute Gasteiger partial charge is 0.0371 e. The maximum atomic E-state index is 2.87. The molecule has 6 aromatic carbocycles. The third-order valence-electron chi connectivity index (χ3n) is 11.2. The lowest BCUT2D eigenvalue weighted by Crippen LogP contribution is -2.46. The van der Waals surface area contributed by atoms with E-state index in [1.807, 2.05) is 0 Å². The molecule has 2 aliphatic carbocycles. The topological polar surface area (TPSA) is 3.24 Å². The summed E-state index contributed by atoms with van der Waals surface area (Å²) in [4.78, 5) is 2.87. The highest BCUT2D eigenvalue weighted by atomic mass is 15.2. The van der Waals surface area contributed by atoms with E-state index in [0.29, 0.717) is 23.9 Å². The average molecular weight is 612 g/mol. The first-order chi connectivity index (χ1) is 23.3. The van der Waals surface area contributed by atoms with Crippen LogP contribution in [0.15, 0.2) is 152 Å². The van der Waals surface area contributed by atoms with Crippen LogP contribution in [0.4, 0.5) is 5.69 Å². The van der Waals surface area contributed by atoms with E-state index < -0.39 is 0 Å². The molecule has 234 valence electrons. The summed E-state index contributed by atoms with van der Waals surface area (Å²) < 4.78 is 0. The van der Waals surface area contributed by atoms with E-state index in [-0.39, 0.29) is 0 Å². The fraction of sp³-hybridized carbons (Fsp3) is 0.261.